The third-order valence-electron chi connectivity index (χ3n) is 2.58. The van der Waals surface area contributed by atoms with Gasteiger partial charge in [-0.3, -0.25) is 0 Å². The van der Waals surface area contributed by atoms with Crippen molar-refractivity contribution >= 4 is 26.0 Å². The maximum Gasteiger partial charge on any atom is 0.480 e. The van der Waals surface area contributed by atoms with Crippen LogP contribution in [-0.4, -0.2) is 45.0 Å². The number of hydrogen-bond donors (Lipinski definition) is 0. The molecule has 0 N–H and O–H groups in total. The van der Waals surface area contributed by atoms with Crippen molar-refractivity contribution in [2.24, 2.45) is 7.05 Å². The van der Waals surface area contributed by atoms with E-state index < -0.39 is 31.1 Å². The number of carbonyl (C=O) groups is 1. The molecule has 0 saturated carbocycles. The predicted molar refractivity (Wildman–Crippen MR) is 84.7 cm³/mol. The van der Waals surface area contributed by atoms with Gasteiger partial charge in [0.25, 0.3) is 0 Å². The zero-order valence-corrected chi connectivity index (χ0v) is 16.1. The Morgan fingerprint density at radius 1 is 1.14 bits per heavy atom. The topological polar surface area (TPSA) is 117 Å². The van der Waals surface area contributed by atoms with Crippen LogP contribution in [0.3, 0.4) is 0 Å². The summed E-state index contributed by atoms with van der Waals surface area (Å²) in [6, 6.07) is 0. The van der Waals surface area contributed by atoms with E-state index in [1.807, 2.05) is 34.9 Å². The number of imidazole rings is 1. The largest absolute Gasteiger partial charge is 0.480 e. The predicted octanol–water partition coefficient (Wildman–Crippen LogP) is 1.49. The molecule has 29 heavy (non-hydrogen) atoms. The highest BCUT2D eigenvalue weighted by Crippen LogP contribution is 2.36. The normalized spacial score (nSPS) is 12.7. The summed E-state index contributed by atoms with van der Waals surface area (Å²) in [6.07, 6.45) is 7.92. The molecule has 1 aromatic heterocycles. The van der Waals surface area contributed by atoms with Gasteiger partial charge in [-0.1, -0.05) is 6.58 Å². The highest BCUT2D eigenvalue weighted by atomic mass is 32.3. The van der Waals surface area contributed by atoms with E-state index in [9.17, 15) is 48.0 Å². The van der Waals surface area contributed by atoms with Gasteiger partial charge in [0.1, 0.15) is 12.4 Å². The molecule has 0 bridgehead atoms. The van der Waals surface area contributed by atoms with Crippen LogP contribution in [-0.2, 0) is 43.2 Å². The van der Waals surface area contributed by atoms with Crippen LogP contribution in [0.15, 0.2) is 31.4 Å². The van der Waals surface area contributed by atoms with Gasteiger partial charge in [-0.05, 0) is 0 Å². The average molecular weight is 475 g/mol. The van der Waals surface area contributed by atoms with E-state index in [1.54, 1.807) is 0 Å². The van der Waals surface area contributed by atoms with Crippen molar-refractivity contribution in [2.75, 3.05) is 6.61 Å². The molecule has 1 aromatic rings. The van der Waals surface area contributed by atoms with Crippen molar-refractivity contribution in [2.45, 2.75) is 24.0 Å². The van der Waals surface area contributed by atoms with Crippen molar-refractivity contribution in [3.8, 4) is 0 Å². The highest BCUT2D eigenvalue weighted by Gasteiger charge is 2.46. The van der Waals surface area contributed by atoms with Crippen LogP contribution in [0.2, 0.25) is 0 Å². The molecular formula is C12H15F6N3O6S2. The molecule has 0 aromatic carbocycles. The van der Waals surface area contributed by atoms with Crippen LogP contribution in [0.1, 0.15) is 6.42 Å². The standard InChI is InChI=1S/C10H15N2O2.C2F6NO4S2/c1-3-10(13)14-8-4-5-12-7-6-11(2)9-12;3-1(4,5)14(10,11)9-15(12,13)2(6,7)8/h3,6-7,9H,1,4-5,8H2,2H3;/q+1;-1. The van der Waals surface area contributed by atoms with Gasteiger partial charge in [-0.2, -0.15) is 26.3 Å². The number of hydrogen-bond acceptors (Lipinski definition) is 6. The van der Waals surface area contributed by atoms with Gasteiger partial charge in [0.2, 0.25) is 6.33 Å². The molecule has 168 valence electrons. The summed E-state index contributed by atoms with van der Waals surface area (Å²) >= 11 is 0. The van der Waals surface area contributed by atoms with E-state index >= 15 is 0 Å². The summed E-state index contributed by atoms with van der Waals surface area (Å²) in [4.78, 5) is 10.7. The van der Waals surface area contributed by atoms with Crippen molar-refractivity contribution in [1.82, 2.24) is 4.57 Å². The molecule has 1 heterocycles. The van der Waals surface area contributed by atoms with Crippen LogP contribution in [0, 0.1) is 0 Å². The lowest BCUT2D eigenvalue weighted by molar-refractivity contribution is -0.671. The zero-order chi connectivity index (χ0) is 23.1. The second-order valence-corrected chi connectivity index (χ2v) is 8.38. The Kier molecular flexibility index (Phi) is 9.32. The fraction of sp³-hybridized carbons (Fsp3) is 0.500. The Labute approximate surface area is 161 Å². The molecule has 0 fully saturated rings. The smallest absolute Gasteiger partial charge is 0.462 e. The molecule has 0 amide bonds. The fourth-order valence-electron chi connectivity index (χ4n) is 1.33. The summed E-state index contributed by atoms with van der Waals surface area (Å²) in [5, 5.41) is 0. The Bertz CT molecular complexity index is 863. The number of esters is 1. The minimum atomic E-state index is -6.72. The average Bonchev–Trinajstić information content (AvgIpc) is 2.94. The van der Waals surface area contributed by atoms with Gasteiger partial charge in [0.15, 0.2) is 20.0 Å². The number of halogens is 6. The Hall–Kier alpha value is -2.14. The number of aryl methyl sites for hydroxylation is 2. The SMILES string of the molecule is C=CC(=O)OCCCn1cc[n+](C)c1.O=S(=O)([N-]S(=O)(=O)C(F)(F)F)C(F)(F)F. The Balaban J connectivity index is 0.000000541. The minimum absolute atomic E-state index is 0.358. The molecule has 0 aliphatic rings. The van der Waals surface area contributed by atoms with Crippen molar-refractivity contribution in [1.29, 1.82) is 0 Å². The molecule has 1 rings (SSSR count). The first-order valence-electron chi connectivity index (χ1n) is 7.10. The quantitative estimate of drug-likeness (QED) is 0.194. The van der Waals surface area contributed by atoms with E-state index in [0.29, 0.717) is 6.61 Å². The molecule has 0 radical (unpaired) electrons. The van der Waals surface area contributed by atoms with Gasteiger partial charge in [0, 0.05) is 12.5 Å². The van der Waals surface area contributed by atoms with E-state index in [-0.39, 0.29) is 5.97 Å². The van der Waals surface area contributed by atoms with E-state index in [1.165, 1.54) is 6.08 Å². The third kappa shape index (κ3) is 9.27. The van der Waals surface area contributed by atoms with Gasteiger partial charge < -0.3 is 8.86 Å². The first-order chi connectivity index (χ1) is 12.9. The van der Waals surface area contributed by atoms with Crippen LogP contribution >= 0.6 is 0 Å². The molecule has 0 saturated heterocycles. The van der Waals surface area contributed by atoms with E-state index in [2.05, 4.69) is 6.58 Å². The van der Waals surface area contributed by atoms with Gasteiger partial charge in [-0.15, -0.1) is 0 Å². The summed E-state index contributed by atoms with van der Waals surface area (Å²) in [7, 11) is -11.5. The molecule has 0 atom stereocenters. The summed E-state index contributed by atoms with van der Waals surface area (Å²) < 4.78 is 118. The molecule has 0 aliphatic heterocycles. The number of ether oxygens (including phenoxy) is 1. The fourth-order valence-corrected chi connectivity index (χ4v) is 3.04. The van der Waals surface area contributed by atoms with E-state index in [4.69, 9.17) is 4.74 Å². The summed E-state index contributed by atoms with van der Waals surface area (Å²) in [5.74, 6) is -0.358. The number of sulfonamides is 2. The number of alkyl halides is 6. The molecule has 0 aliphatic carbocycles. The van der Waals surface area contributed by atoms with Crippen LogP contribution in [0.4, 0.5) is 26.3 Å². The second kappa shape index (κ2) is 10.1. The Morgan fingerprint density at radius 2 is 1.62 bits per heavy atom. The number of carbonyl (C=O) groups excluding carboxylic acids is 1. The molecule has 17 heteroatoms. The zero-order valence-electron chi connectivity index (χ0n) is 14.5. The van der Waals surface area contributed by atoms with Gasteiger partial charge in [0.05, 0.1) is 20.2 Å². The first kappa shape index (κ1) is 26.9. The second-order valence-electron chi connectivity index (χ2n) is 4.96. The number of nitrogens with zero attached hydrogens (tertiary/aromatic N) is 3. The molecular weight excluding hydrogens is 460 g/mol. The number of rotatable bonds is 7. The van der Waals surface area contributed by atoms with Crippen molar-refractivity contribution in [3.05, 3.63) is 35.5 Å². The lowest BCUT2D eigenvalue weighted by Crippen LogP contribution is -2.30. The molecule has 0 spiro atoms. The number of aromatic nitrogens is 2. The third-order valence-corrected chi connectivity index (χ3v) is 5.32. The minimum Gasteiger partial charge on any atom is -0.462 e. The van der Waals surface area contributed by atoms with Crippen molar-refractivity contribution < 1.29 is 57.3 Å². The van der Waals surface area contributed by atoms with Crippen LogP contribution in [0.5, 0.6) is 0 Å². The molecule has 9 nitrogen and oxygen atoms in total. The van der Waals surface area contributed by atoms with Gasteiger partial charge in [-0.25, -0.2) is 30.8 Å². The van der Waals surface area contributed by atoms with Crippen LogP contribution in [0.25, 0.3) is 4.13 Å². The van der Waals surface area contributed by atoms with Crippen LogP contribution < -0.4 is 4.57 Å². The maximum absolute atomic E-state index is 11.4. The lowest BCUT2D eigenvalue weighted by atomic mass is 10.4. The van der Waals surface area contributed by atoms with Gasteiger partial charge >= 0.3 is 17.0 Å². The highest BCUT2D eigenvalue weighted by molar-refractivity contribution is 8.13. The lowest BCUT2D eigenvalue weighted by Gasteiger charge is -2.22. The summed E-state index contributed by atoms with van der Waals surface area (Å²) in [5.41, 5.74) is -12.4. The monoisotopic (exact) mass is 475 g/mol. The molecule has 0 unspecified atom stereocenters. The maximum atomic E-state index is 11.4. The Morgan fingerprint density at radius 3 is 1.97 bits per heavy atom. The van der Waals surface area contributed by atoms with E-state index in [0.717, 1.165) is 17.1 Å². The van der Waals surface area contributed by atoms with Crippen molar-refractivity contribution in [3.63, 3.8) is 0 Å². The summed E-state index contributed by atoms with van der Waals surface area (Å²) in [6.45, 7) is 4.61. The first-order valence-corrected chi connectivity index (χ1v) is 9.98.